The number of allylic oxidation sites excluding steroid dienone is 1. The molecule has 4 aromatic carbocycles. The maximum Gasteiger partial charge on any atom is 0.183 e. The Morgan fingerprint density at radius 1 is 0.676 bits per heavy atom. The molecule has 37 heavy (non-hydrogen) atoms. The fourth-order valence-electron chi connectivity index (χ4n) is 5.75. The van der Waals surface area contributed by atoms with Gasteiger partial charge in [-0.15, -0.1) is 0 Å². The lowest BCUT2D eigenvalue weighted by molar-refractivity contribution is 0.338. The van der Waals surface area contributed by atoms with E-state index in [1.807, 2.05) is 42.5 Å². The summed E-state index contributed by atoms with van der Waals surface area (Å²) in [5.74, 6) is 0.168. The van der Waals surface area contributed by atoms with Gasteiger partial charge < -0.3 is 4.74 Å². The molecule has 0 radical (unpaired) electrons. The molecule has 0 aromatic heterocycles. The Morgan fingerprint density at radius 2 is 1.30 bits per heavy atom. The summed E-state index contributed by atoms with van der Waals surface area (Å²) in [6.45, 7) is 0.231. The van der Waals surface area contributed by atoms with Crippen LogP contribution in [0.5, 0.6) is 5.75 Å². The maximum absolute atomic E-state index is 14.3. The highest BCUT2D eigenvalue weighted by Crippen LogP contribution is 2.44. The maximum atomic E-state index is 14.3. The molecule has 6 rings (SSSR count). The second-order valence-electron chi connectivity index (χ2n) is 9.60. The van der Waals surface area contributed by atoms with Gasteiger partial charge >= 0.3 is 0 Å². The first-order valence-corrected chi connectivity index (χ1v) is 15.4. The summed E-state index contributed by atoms with van der Waals surface area (Å²) in [7, 11) is -7.97. The van der Waals surface area contributed by atoms with Gasteiger partial charge in [-0.1, -0.05) is 72.8 Å². The normalized spacial score (nSPS) is 21.7. The Balaban J connectivity index is 1.55. The highest BCUT2D eigenvalue weighted by Gasteiger charge is 2.50. The summed E-state index contributed by atoms with van der Waals surface area (Å²) in [4.78, 5) is 0.277. The average molecular weight is 531 g/mol. The molecular formula is C30H26O5S2. The van der Waals surface area contributed by atoms with Crippen molar-refractivity contribution in [3.8, 4) is 5.75 Å². The van der Waals surface area contributed by atoms with E-state index >= 15 is 0 Å². The summed E-state index contributed by atoms with van der Waals surface area (Å²) in [6, 6.07) is 28.2. The van der Waals surface area contributed by atoms with E-state index in [-0.39, 0.29) is 22.8 Å². The SMILES string of the molecule is O=S(=O)(c1ccccc1)[C@H]1[C@@H]2Cc3c(ccc4ccccc34)OCC2=CC[C@@H]1S(=O)(=O)c1ccccc1. The van der Waals surface area contributed by atoms with E-state index in [4.69, 9.17) is 4.74 Å². The van der Waals surface area contributed by atoms with E-state index in [1.165, 1.54) is 0 Å². The highest BCUT2D eigenvalue weighted by molar-refractivity contribution is 7.96. The summed E-state index contributed by atoms with van der Waals surface area (Å²) in [6.07, 6.45) is 2.38. The number of hydrogen-bond acceptors (Lipinski definition) is 5. The first kappa shape index (κ1) is 23.9. The van der Waals surface area contributed by atoms with Crippen molar-refractivity contribution < 1.29 is 21.6 Å². The Labute approximate surface area is 217 Å². The second kappa shape index (κ2) is 9.15. The summed E-state index contributed by atoms with van der Waals surface area (Å²) in [5, 5.41) is -0.256. The van der Waals surface area contributed by atoms with Gasteiger partial charge in [-0.2, -0.15) is 0 Å². The zero-order valence-corrected chi connectivity index (χ0v) is 21.7. The van der Waals surface area contributed by atoms with Gasteiger partial charge in [-0.25, -0.2) is 16.8 Å². The molecule has 0 spiro atoms. The van der Waals surface area contributed by atoms with Crippen molar-refractivity contribution >= 4 is 30.4 Å². The number of rotatable bonds is 4. The topological polar surface area (TPSA) is 77.5 Å². The number of benzene rings is 4. The van der Waals surface area contributed by atoms with Gasteiger partial charge in [-0.3, -0.25) is 0 Å². The lowest BCUT2D eigenvalue weighted by Gasteiger charge is -2.37. The van der Waals surface area contributed by atoms with E-state index in [1.54, 1.807) is 60.7 Å². The number of ether oxygens (including phenoxy) is 1. The Bertz CT molecular complexity index is 1710. The van der Waals surface area contributed by atoms with E-state index in [2.05, 4.69) is 0 Å². The monoisotopic (exact) mass is 530 g/mol. The summed E-state index contributed by atoms with van der Waals surface area (Å²) in [5.41, 5.74) is 1.75. The van der Waals surface area contributed by atoms with Crippen molar-refractivity contribution in [2.75, 3.05) is 6.61 Å². The molecular weight excluding hydrogens is 504 g/mol. The molecule has 7 heteroatoms. The second-order valence-corrected chi connectivity index (χ2v) is 13.9. The Hall–Kier alpha value is -3.42. The van der Waals surface area contributed by atoms with Crippen LogP contribution in [0.1, 0.15) is 12.0 Å². The van der Waals surface area contributed by atoms with Gasteiger partial charge in [0.1, 0.15) is 12.4 Å². The lowest BCUT2D eigenvalue weighted by Crippen LogP contribution is -2.48. The molecule has 5 nitrogen and oxygen atoms in total. The first-order chi connectivity index (χ1) is 17.9. The van der Waals surface area contributed by atoms with E-state index in [0.717, 1.165) is 21.9 Å². The van der Waals surface area contributed by atoms with Crippen LogP contribution < -0.4 is 4.74 Å². The molecule has 0 bridgehead atoms. The minimum Gasteiger partial charge on any atom is -0.489 e. The number of sulfone groups is 2. The molecule has 3 atom stereocenters. The molecule has 0 saturated heterocycles. The van der Waals surface area contributed by atoms with Gasteiger partial charge in [-0.05, 0) is 59.5 Å². The third-order valence-electron chi connectivity index (χ3n) is 7.57. The third-order valence-corrected chi connectivity index (χ3v) is 12.3. The molecule has 1 aliphatic heterocycles. The fraction of sp³-hybridized carbons (Fsp3) is 0.200. The first-order valence-electron chi connectivity index (χ1n) is 12.3. The Morgan fingerprint density at radius 3 is 2.00 bits per heavy atom. The number of fused-ring (bicyclic) bond motifs is 4. The molecule has 2 aliphatic rings. The van der Waals surface area contributed by atoms with Gasteiger partial charge in [0.2, 0.25) is 0 Å². The molecule has 188 valence electrons. The number of hydrogen-bond donors (Lipinski definition) is 0. The van der Waals surface area contributed by atoms with Crippen LogP contribution in [-0.4, -0.2) is 33.9 Å². The smallest absolute Gasteiger partial charge is 0.183 e. The Kier molecular flexibility index (Phi) is 5.92. The van der Waals surface area contributed by atoms with Crippen molar-refractivity contribution in [3.63, 3.8) is 0 Å². The van der Waals surface area contributed by atoms with Gasteiger partial charge in [0.15, 0.2) is 19.7 Å². The van der Waals surface area contributed by atoms with Crippen LogP contribution in [-0.2, 0) is 26.1 Å². The van der Waals surface area contributed by atoms with Gasteiger partial charge in [0.25, 0.3) is 0 Å². The van der Waals surface area contributed by atoms with Crippen molar-refractivity contribution in [1.82, 2.24) is 0 Å². The molecule has 0 amide bonds. The van der Waals surface area contributed by atoms with Crippen LogP contribution in [0.3, 0.4) is 0 Å². The van der Waals surface area contributed by atoms with E-state index < -0.39 is 36.1 Å². The van der Waals surface area contributed by atoms with E-state index in [0.29, 0.717) is 12.2 Å². The van der Waals surface area contributed by atoms with Crippen molar-refractivity contribution in [3.05, 3.63) is 114 Å². The van der Waals surface area contributed by atoms with Gasteiger partial charge in [0, 0.05) is 11.5 Å². The van der Waals surface area contributed by atoms with Crippen LogP contribution in [0.2, 0.25) is 0 Å². The predicted molar refractivity (Wildman–Crippen MR) is 144 cm³/mol. The minimum atomic E-state index is -4.02. The molecule has 0 unspecified atom stereocenters. The summed E-state index contributed by atoms with van der Waals surface area (Å²) >= 11 is 0. The van der Waals surface area contributed by atoms with Crippen LogP contribution >= 0.6 is 0 Å². The van der Waals surface area contributed by atoms with Gasteiger partial charge in [0.05, 0.1) is 20.3 Å². The molecule has 4 aromatic rings. The standard InChI is InChI=1S/C30H26O5S2/c31-36(32,23-10-3-1-4-11-23)29-18-16-22-20-35-28-17-15-21-9-7-8-14-25(21)27(28)19-26(22)30(29)37(33,34)24-12-5-2-6-13-24/h1-17,26,29-30H,18-20H2/t26-,29+,30+/m1/s1. The lowest BCUT2D eigenvalue weighted by atomic mass is 9.82. The molecule has 0 fully saturated rings. The van der Waals surface area contributed by atoms with Crippen molar-refractivity contribution in [2.24, 2.45) is 5.92 Å². The summed E-state index contributed by atoms with van der Waals surface area (Å²) < 4.78 is 62.7. The fourth-order valence-corrected chi connectivity index (χ4v) is 10.5. The van der Waals surface area contributed by atoms with E-state index in [9.17, 15) is 16.8 Å². The molecule has 0 saturated carbocycles. The molecule has 1 aliphatic carbocycles. The average Bonchev–Trinajstić information content (AvgIpc) is 3.13. The highest BCUT2D eigenvalue weighted by atomic mass is 32.2. The van der Waals surface area contributed by atoms with Crippen LogP contribution in [0.25, 0.3) is 10.8 Å². The zero-order chi connectivity index (χ0) is 25.6. The minimum absolute atomic E-state index is 0.111. The van der Waals surface area contributed by atoms with Crippen molar-refractivity contribution in [1.29, 1.82) is 0 Å². The van der Waals surface area contributed by atoms with Crippen LogP contribution in [0.15, 0.2) is 119 Å². The predicted octanol–water partition coefficient (Wildman–Crippen LogP) is 5.41. The van der Waals surface area contributed by atoms with Crippen LogP contribution in [0.4, 0.5) is 0 Å². The largest absolute Gasteiger partial charge is 0.489 e. The third kappa shape index (κ3) is 4.06. The van der Waals surface area contributed by atoms with Crippen LogP contribution in [0, 0.1) is 5.92 Å². The quantitative estimate of drug-likeness (QED) is 0.330. The van der Waals surface area contributed by atoms with Crippen molar-refractivity contribution in [2.45, 2.75) is 33.1 Å². The zero-order valence-electron chi connectivity index (χ0n) is 20.0. The molecule has 0 N–H and O–H groups in total. The molecule has 1 heterocycles.